The van der Waals surface area contributed by atoms with Gasteiger partial charge in [-0.2, -0.15) is 0 Å². The van der Waals surface area contributed by atoms with Crippen LogP contribution in [0.1, 0.15) is 77.2 Å². The Balaban J connectivity index is 1.24. The van der Waals surface area contributed by atoms with Crippen molar-refractivity contribution >= 4 is 16.8 Å². The Morgan fingerprint density at radius 2 is 1.95 bits per heavy atom. The van der Waals surface area contributed by atoms with Gasteiger partial charge in [0, 0.05) is 13.0 Å². The molecule has 0 radical (unpaired) electrons. The van der Waals surface area contributed by atoms with Crippen LogP contribution in [0.4, 0.5) is 4.39 Å². The van der Waals surface area contributed by atoms with Gasteiger partial charge in [-0.1, -0.05) is 18.2 Å². The number of fused-ring (bicyclic) bond motifs is 6. The van der Waals surface area contributed by atoms with Gasteiger partial charge >= 0.3 is 0 Å². The molecule has 37 heavy (non-hydrogen) atoms. The monoisotopic (exact) mass is 511 g/mol. The number of aromatic nitrogens is 3. The van der Waals surface area contributed by atoms with Crippen LogP contribution >= 0.6 is 0 Å². The zero-order chi connectivity index (χ0) is 26.2. The lowest BCUT2D eigenvalue weighted by Gasteiger charge is -2.62. The molecule has 1 heterocycles. The lowest BCUT2D eigenvalue weighted by molar-refractivity contribution is -0.175. The number of benzene rings is 1. The summed E-state index contributed by atoms with van der Waals surface area (Å²) in [5, 5.41) is 19.1. The number of hydrogen-bond acceptors (Lipinski definition) is 5. The third-order valence-electron chi connectivity index (χ3n) is 11.6. The molecule has 8 atom stereocenters. The maximum Gasteiger partial charge on any atom is 0.157 e. The number of ketones is 1. The molecule has 0 saturated heterocycles. The highest BCUT2D eigenvalue weighted by atomic mass is 19.1. The zero-order valence-corrected chi connectivity index (χ0v) is 22.8. The molecule has 0 unspecified atom stereocenters. The molecule has 0 aliphatic heterocycles. The van der Waals surface area contributed by atoms with E-state index in [-0.39, 0.29) is 40.4 Å². The van der Waals surface area contributed by atoms with Crippen LogP contribution in [0, 0.1) is 53.2 Å². The largest absolute Gasteiger partial charge is 0.390 e. The molecular formula is C30H42FN3O3. The number of ether oxygens (including phenoxy) is 1. The highest BCUT2D eigenvalue weighted by molar-refractivity contribution is 5.84. The van der Waals surface area contributed by atoms with Crippen LogP contribution in [0.3, 0.4) is 0 Å². The van der Waals surface area contributed by atoms with E-state index in [0.29, 0.717) is 34.8 Å². The third kappa shape index (κ3) is 3.82. The topological polar surface area (TPSA) is 77.2 Å². The van der Waals surface area contributed by atoms with E-state index < -0.39 is 5.60 Å². The number of carbonyl (C=O) groups is 1. The van der Waals surface area contributed by atoms with Crippen LogP contribution < -0.4 is 0 Å². The van der Waals surface area contributed by atoms with Crippen LogP contribution in [0.2, 0.25) is 0 Å². The molecule has 202 valence electrons. The first-order valence-corrected chi connectivity index (χ1v) is 14.3. The van der Waals surface area contributed by atoms with Crippen molar-refractivity contribution in [1.29, 1.82) is 0 Å². The normalized spacial score (nSPS) is 41.3. The summed E-state index contributed by atoms with van der Waals surface area (Å²) in [6.07, 6.45) is 9.37. The Morgan fingerprint density at radius 3 is 2.73 bits per heavy atom. The first-order valence-electron chi connectivity index (χ1n) is 14.3. The quantitative estimate of drug-likeness (QED) is 0.575. The number of carbonyl (C=O) groups excluding carboxylic acids is 1. The summed E-state index contributed by atoms with van der Waals surface area (Å²) in [5.41, 5.74) is 0.971. The van der Waals surface area contributed by atoms with Crippen molar-refractivity contribution in [1.82, 2.24) is 15.0 Å². The van der Waals surface area contributed by atoms with E-state index >= 15 is 0 Å². The first kappa shape index (κ1) is 25.4. The fourth-order valence-electron chi connectivity index (χ4n) is 9.79. The van der Waals surface area contributed by atoms with E-state index in [1.165, 1.54) is 6.42 Å². The highest BCUT2D eigenvalue weighted by Gasteiger charge is 2.63. The predicted molar refractivity (Wildman–Crippen MR) is 139 cm³/mol. The van der Waals surface area contributed by atoms with Gasteiger partial charge in [0.15, 0.2) is 11.6 Å². The molecule has 7 heteroatoms. The van der Waals surface area contributed by atoms with E-state index in [2.05, 4.69) is 17.2 Å². The van der Waals surface area contributed by atoms with Gasteiger partial charge in [-0.3, -0.25) is 4.79 Å². The van der Waals surface area contributed by atoms with Crippen molar-refractivity contribution in [2.45, 2.75) is 90.7 Å². The van der Waals surface area contributed by atoms with Gasteiger partial charge in [-0.05, 0) is 118 Å². The second-order valence-corrected chi connectivity index (χ2v) is 13.5. The molecule has 6 nitrogen and oxygen atoms in total. The molecule has 1 N–H and O–H groups in total. The second-order valence-electron chi connectivity index (χ2n) is 13.5. The maximum absolute atomic E-state index is 14.5. The molecule has 6 rings (SSSR count). The van der Waals surface area contributed by atoms with E-state index in [1.54, 1.807) is 17.7 Å². The van der Waals surface area contributed by atoms with Gasteiger partial charge in [0.1, 0.15) is 12.1 Å². The standard InChI is InChI=1S/C30H42FN3O3/c1-18-5-10-24-27(26(18)31)32-33-34(24)16-25(35)23-9-8-21-20-7-6-19-15-28(2,36)13-14-30(19,17-37-4)22(20)11-12-29(21,23)3/h5,10,19-23,36H,6-9,11-17H2,1-4H3/t19-,20+,21+,22+,23-,28-,29+,30-/m1/s1. The minimum absolute atomic E-state index is 0.00225. The molecule has 4 saturated carbocycles. The van der Waals surface area contributed by atoms with Crippen LogP contribution in [-0.2, 0) is 16.1 Å². The molecule has 0 bridgehead atoms. The molecule has 2 aromatic rings. The Hall–Kier alpha value is -1.86. The average Bonchev–Trinajstić information content (AvgIpc) is 3.42. The van der Waals surface area contributed by atoms with Gasteiger partial charge in [0.2, 0.25) is 0 Å². The predicted octanol–water partition coefficient (Wildman–Crippen LogP) is 5.48. The van der Waals surface area contributed by atoms with Gasteiger partial charge in [-0.15, -0.1) is 5.10 Å². The van der Waals surface area contributed by atoms with Crippen molar-refractivity contribution in [3.8, 4) is 0 Å². The van der Waals surface area contributed by atoms with Crippen molar-refractivity contribution < 1.29 is 19.0 Å². The van der Waals surface area contributed by atoms with E-state index in [4.69, 9.17) is 4.74 Å². The summed E-state index contributed by atoms with van der Waals surface area (Å²) in [7, 11) is 1.83. The van der Waals surface area contributed by atoms with Crippen LogP contribution in [0.25, 0.3) is 11.0 Å². The van der Waals surface area contributed by atoms with Crippen LogP contribution in [-0.4, -0.2) is 45.2 Å². The maximum atomic E-state index is 14.5. The van der Waals surface area contributed by atoms with Gasteiger partial charge < -0.3 is 9.84 Å². The molecule has 4 aliphatic carbocycles. The average molecular weight is 512 g/mol. The van der Waals surface area contributed by atoms with Crippen molar-refractivity contribution in [3.63, 3.8) is 0 Å². The van der Waals surface area contributed by atoms with Crippen molar-refractivity contribution in [2.24, 2.45) is 40.4 Å². The SMILES string of the molecule is COC[C@]12CC[C@@](C)(O)C[C@H]1CC[C@H]1[C@@H]3CC[C@H](C(=O)Cn4nnc5c(F)c(C)ccc54)[C@@]3(C)CC[C@@H]12. The van der Waals surface area contributed by atoms with Gasteiger partial charge in [0.05, 0.1) is 17.7 Å². The van der Waals surface area contributed by atoms with Gasteiger partial charge in [0.25, 0.3) is 0 Å². The Labute approximate surface area is 219 Å². The summed E-state index contributed by atoms with van der Waals surface area (Å²) in [5.74, 6) is 2.17. The lowest BCUT2D eigenvalue weighted by atomic mass is 9.43. The molecule has 4 aliphatic rings. The number of aryl methyl sites for hydroxylation is 1. The number of rotatable bonds is 5. The lowest BCUT2D eigenvalue weighted by Crippen LogP contribution is -2.58. The van der Waals surface area contributed by atoms with Crippen LogP contribution in [0.5, 0.6) is 0 Å². The van der Waals surface area contributed by atoms with Crippen molar-refractivity contribution in [3.05, 3.63) is 23.5 Å². The summed E-state index contributed by atoms with van der Waals surface area (Å²) in [4.78, 5) is 13.8. The Kier molecular flexibility index (Phi) is 6.07. The van der Waals surface area contributed by atoms with Gasteiger partial charge in [-0.25, -0.2) is 9.07 Å². The van der Waals surface area contributed by atoms with E-state index in [1.807, 2.05) is 20.1 Å². The molecule has 0 spiro atoms. The second kappa shape index (κ2) is 8.84. The molecule has 1 aromatic carbocycles. The third-order valence-corrected chi connectivity index (χ3v) is 11.6. The number of methoxy groups -OCH3 is 1. The molecule has 4 fully saturated rings. The minimum Gasteiger partial charge on any atom is -0.390 e. The number of aliphatic hydroxyl groups is 1. The summed E-state index contributed by atoms with van der Waals surface area (Å²) < 4.78 is 22.0. The van der Waals surface area contributed by atoms with Crippen molar-refractivity contribution in [2.75, 3.05) is 13.7 Å². The fraction of sp³-hybridized carbons (Fsp3) is 0.767. The smallest absolute Gasteiger partial charge is 0.157 e. The fourth-order valence-corrected chi connectivity index (χ4v) is 9.79. The Morgan fingerprint density at radius 1 is 1.14 bits per heavy atom. The van der Waals surface area contributed by atoms with Crippen LogP contribution in [0.15, 0.2) is 12.1 Å². The molecule has 1 aromatic heterocycles. The Bertz CT molecular complexity index is 1210. The zero-order valence-electron chi connectivity index (χ0n) is 22.8. The number of hydrogen-bond donors (Lipinski definition) is 1. The molecule has 0 amide bonds. The number of nitrogens with zero attached hydrogens (tertiary/aromatic N) is 3. The molecular weight excluding hydrogens is 469 g/mol. The number of halogens is 1. The summed E-state index contributed by atoms with van der Waals surface area (Å²) in [6.45, 7) is 7.04. The van der Waals surface area contributed by atoms with E-state index in [9.17, 15) is 14.3 Å². The number of Topliss-reactive ketones (excluding diaryl/α,β-unsaturated/α-hetero) is 1. The minimum atomic E-state index is -0.560. The highest BCUT2D eigenvalue weighted by Crippen LogP contribution is 2.68. The summed E-state index contributed by atoms with van der Waals surface area (Å²) in [6, 6.07) is 3.55. The first-order chi connectivity index (χ1) is 17.6. The van der Waals surface area contributed by atoms with E-state index in [0.717, 1.165) is 58.0 Å². The summed E-state index contributed by atoms with van der Waals surface area (Å²) >= 11 is 0.